The number of hydrogen-bond acceptors (Lipinski definition) is 3. The Morgan fingerprint density at radius 1 is 1.42 bits per heavy atom. The second kappa shape index (κ2) is 5.61. The summed E-state index contributed by atoms with van der Waals surface area (Å²) in [5.41, 5.74) is 4.55. The van der Waals surface area contributed by atoms with E-state index in [4.69, 9.17) is 10.5 Å². The summed E-state index contributed by atoms with van der Waals surface area (Å²) >= 11 is 0. The van der Waals surface area contributed by atoms with E-state index < -0.39 is 30.1 Å². The molecule has 0 aliphatic carbocycles. The van der Waals surface area contributed by atoms with E-state index in [0.717, 1.165) is 0 Å². The molecule has 0 radical (unpaired) electrons. The number of nitrogens with zero attached hydrogens (tertiary/aromatic N) is 1. The van der Waals surface area contributed by atoms with Crippen LogP contribution in [0.2, 0.25) is 0 Å². The Morgan fingerprint density at radius 3 is 2.42 bits per heavy atom. The van der Waals surface area contributed by atoms with Crippen molar-refractivity contribution in [2.75, 3.05) is 19.6 Å². The van der Waals surface area contributed by atoms with Crippen molar-refractivity contribution in [3.05, 3.63) is 0 Å². The highest BCUT2D eigenvalue weighted by molar-refractivity contribution is 5.68. The van der Waals surface area contributed by atoms with Gasteiger partial charge < -0.3 is 15.4 Å². The van der Waals surface area contributed by atoms with Crippen LogP contribution in [0.25, 0.3) is 0 Å². The first-order valence-electron chi connectivity index (χ1n) is 6.62. The Kier molecular flexibility index (Phi) is 4.76. The van der Waals surface area contributed by atoms with Crippen LogP contribution in [0.1, 0.15) is 34.1 Å². The maximum absolute atomic E-state index is 13.6. The standard InChI is InChI=1S/C13H24F2N2O2/c1-9-7-17(11(18)19-12(2,3)4)6-5-10(9)13(14,15)8-16/h9-10H,5-8,16H2,1-4H3. The van der Waals surface area contributed by atoms with E-state index >= 15 is 0 Å². The van der Waals surface area contributed by atoms with Crippen LogP contribution in [0.4, 0.5) is 13.6 Å². The fourth-order valence-electron chi connectivity index (χ4n) is 2.42. The zero-order chi connectivity index (χ0) is 14.8. The Hall–Kier alpha value is -0.910. The minimum absolute atomic E-state index is 0.255. The van der Waals surface area contributed by atoms with Crippen LogP contribution in [0.5, 0.6) is 0 Å². The van der Waals surface area contributed by atoms with E-state index in [1.165, 1.54) is 4.90 Å². The van der Waals surface area contributed by atoms with Crippen molar-refractivity contribution >= 4 is 6.09 Å². The molecule has 0 aromatic rings. The van der Waals surface area contributed by atoms with E-state index in [9.17, 15) is 13.6 Å². The molecule has 0 spiro atoms. The third kappa shape index (κ3) is 4.30. The number of rotatable bonds is 2. The number of carbonyl (C=O) groups is 1. The summed E-state index contributed by atoms with van der Waals surface area (Å²) in [4.78, 5) is 13.4. The van der Waals surface area contributed by atoms with Crippen LogP contribution in [0.15, 0.2) is 0 Å². The van der Waals surface area contributed by atoms with Gasteiger partial charge in [-0.3, -0.25) is 0 Å². The van der Waals surface area contributed by atoms with Gasteiger partial charge in [-0.15, -0.1) is 0 Å². The van der Waals surface area contributed by atoms with E-state index in [-0.39, 0.29) is 18.9 Å². The number of ether oxygens (including phenoxy) is 1. The Balaban J connectivity index is 2.61. The minimum atomic E-state index is -2.86. The molecule has 1 heterocycles. The monoisotopic (exact) mass is 278 g/mol. The fraction of sp³-hybridized carbons (Fsp3) is 0.923. The van der Waals surface area contributed by atoms with Gasteiger partial charge >= 0.3 is 6.09 Å². The number of hydrogen-bond donors (Lipinski definition) is 1. The lowest BCUT2D eigenvalue weighted by molar-refractivity contribution is -0.0922. The zero-order valence-corrected chi connectivity index (χ0v) is 12.1. The van der Waals surface area contributed by atoms with Crippen LogP contribution in [-0.2, 0) is 4.74 Å². The van der Waals surface area contributed by atoms with Gasteiger partial charge in [-0.25, -0.2) is 13.6 Å². The van der Waals surface area contributed by atoms with Crippen molar-refractivity contribution in [3.63, 3.8) is 0 Å². The van der Waals surface area contributed by atoms with Gasteiger partial charge in [0.25, 0.3) is 5.92 Å². The summed E-state index contributed by atoms with van der Waals surface area (Å²) in [5.74, 6) is -3.92. The summed E-state index contributed by atoms with van der Waals surface area (Å²) in [6.45, 7) is 7.00. The normalized spacial score (nSPS) is 25.3. The molecule has 2 N–H and O–H groups in total. The Bertz CT molecular complexity index is 329. The predicted molar refractivity (Wildman–Crippen MR) is 69.1 cm³/mol. The van der Waals surface area contributed by atoms with Crippen molar-refractivity contribution < 1.29 is 18.3 Å². The number of nitrogens with two attached hydrogens (primary N) is 1. The molecule has 0 aromatic carbocycles. The van der Waals surface area contributed by atoms with Gasteiger partial charge in [0.2, 0.25) is 0 Å². The van der Waals surface area contributed by atoms with Gasteiger partial charge in [-0.1, -0.05) is 6.92 Å². The molecule has 1 fully saturated rings. The summed E-state index contributed by atoms with van der Waals surface area (Å²) in [6, 6.07) is 0. The van der Waals surface area contributed by atoms with E-state index in [0.29, 0.717) is 6.54 Å². The zero-order valence-electron chi connectivity index (χ0n) is 12.1. The van der Waals surface area contributed by atoms with Crippen molar-refractivity contribution in [2.24, 2.45) is 17.6 Å². The molecule has 1 aliphatic heterocycles. The SMILES string of the molecule is CC1CN(C(=O)OC(C)(C)C)CCC1C(F)(F)CN. The number of likely N-dealkylation sites (tertiary alicyclic amines) is 1. The van der Waals surface area contributed by atoms with Crippen LogP contribution >= 0.6 is 0 Å². The first-order valence-corrected chi connectivity index (χ1v) is 6.62. The predicted octanol–water partition coefficient (Wildman–Crippen LogP) is 2.47. The lowest BCUT2D eigenvalue weighted by Crippen LogP contribution is -2.51. The molecule has 112 valence electrons. The molecule has 2 atom stereocenters. The van der Waals surface area contributed by atoms with Crippen LogP contribution in [-0.4, -0.2) is 42.2 Å². The van der Waals surface area contributed by atoms with Crippen LogP contribution in [0, 0.1) is 11.8 Å². The average molecular weight is 278 g/mol. The third-order valence-electron chi connectivity index (χ3n) is 3.37. The third-order valence-corrected chi connectivity index (χ3v) is 3.37. The molecule has 4 nitrogen and oxygen atoms in total. The first-order chi connectivity index (χ1) is 8.57. The number of amides is 1. The van der Waals surface area contributed by atoms with Crippen LogP contribution < -0.4 is 5.73 Å². The molecular formula is C13H24F2N2O2. The lowest BCUT2D eigenvalue weighted by Gasteiger charge is -2.40. The van der Waals surface area contributed by atoms with E-state index in [2.05, 4.69) is 0 Å². The van der Waals surface area contributed by atoms with E-state index in [1.54, 1.807) is 27.7 Å². The van der Waals surface area contributed by atoms with Gasteiger partial charge in [0, 0.05) is 19.0 Å². The van der Waals surface area contributed by atoms with Gasteiger partial charge in [-0.05, 0) is 33.1 Å². The van der Waals surface area contributed by atoms with Crippen molar-refractivity contribution in [2.45, 2.75) is 45.6 Å². The quantitative estimate of drug-likeness (QED) is 0.844. The fourth-order valence-corrected chi connectivity index (χ4v) is 2.42. The number of halogens is 2. The molecule has 1 rings (SSSR count). The van der Waals surface area contributed by atoms with Crippen molar-refractivity contribution in [3.8, 4) is 0 Å². The molecule has 19 heavy (non-hydrogen) atoms. The molecule has 0 saturated carbocycles. The Labute approximate surface area is 113 Å². The Morgan fingerprint density at radius 2 is 2.00 bits per heavy atom. The highest BCUT2D eigenvalue weighted by Crippen LogP contribution is 2.36. The molecule has 0 aromatic heterocycles. The molecule has 0 bridgehead atoms. The van der Waals surface area contributed by atoms with Gasteiger partial charge in [0.15, 0.2) is 0 Å². The van der Waals surface area contributed by atoms with Crippen molar-refractivity contribution in [1.29, 1.82) is 0 Å². The lowest BCUT2D eigenvalue weighted by atomic mass is 9.82. The largest absolute Gasteiger partial charge is 0.444 e. The molecule has 1 aliphatic rings. The second-order valence-corrected chi connectivity index (χ2v) is 6.26. The van der Waals surface area contributed by atoms with Crippen molar-refractivity contribution in [1.82, 2.24) is 4.90 Å². The topological polar surface area (TPSA) is 55.6 Å². The molecule has 2 unspecified atom stereocenters. The second-order valence-electron chi connectivity index (χ2n) is 6.26. The molecule has 6 heteroatoms. The number of carbonyl (C=O) groups excluding carboxylic acids is 1. The molecule has 1 saturated heterocycles. The summed E-state index contributed by atoms with van der Waals surface area (Å²) < 4.78 is 32.5. The van der Waals surface area contributed by atoms with Gasteiger partial charge in [-0.2, -0.15) is 0 Å². The summed E-state index contributed by atoms with van der Waals surface area (Å²) in [6.07, 6.45) is -0.182. The van der Waals surface area contributed by atoms with Gasteiger partial charge in [0.05, 0.1) is 6.54 Å². The number of alkyl halides is 2. The number of piperidine rings is 1. The highest BCUT2D eigenvalue weighted by atomic mass is 19.3. The minimum Gasteiger partial charge on any atom is -0.444 e. The van der Waals surface area contributed by atoms with Gasteiger partial charge in [0.1, 0.15) is 5.60 Å². The maximum Gasteiger partial charge on any atom is 0.410 e. The highest BCUT2D eigenvalue weighted by Gasteiger charge is 2.44. The first kappa shape index (κ1) is 16.1. The molecular weight excluding hydrogens is 254 g/mol. The summed E-state index contributed by atoms with van der Waals surface area (Å²) in [5, 5.41) is 0. The average Bonchev–Trinajstić information content (AvgIpc) is 2.26. The molecule has 1 amide bonds. The maximum atomic E-state index is 13.6. The smallest absolute Gasteiger partial charge is 0.410 e. The van der Waals surface area contributed by atoms with Crippen LogP contribution in [0.3, 0.4) is 0 Å². The summed E-state index contributed by atoms with van der Waals surface area (Å²) in [7, 11) is 0. The van der Waals surface area contributed by atoms with E-state index in [1.807, 2.05) is 0 Å².